The average molecular weight is 269 g/mol. The number of hydrogen-bond donors (Lipinski definition) is 1. The predicted octanol–water partition coefficient (Wildman–Crippen LogP) is 2.86. The number of carbonyl (C=O) groups is 2. The Balaban J connectivity index is 2.01. The zero-order valence-electron chi connectivity index (χ0n) is 10.9. The molecule has 3 nitrogen and oxygen atoms in total. The van der Waals surface area contributed by atoms with Crippen LogP contribution in [0.1, 0.15) is 27.0 Å². The third-order valence-electron chi connectivity index (χ3n) is 3.36. The van der Waals surface area contributed by atoms with Gasteiger partial charge in [0, 0.05) is 11.3 Å². The quantitative estimate of drug-likeness (QED) is 0.852. The number of fused-ring (bicyclic) bond motifs is 1. The molecule has 3 rings (SSSR count). The van der Waals surface area contributed by atoms with Crippen molar-refractivity contribution in [1.29, 1.82) is 0 Å². The monoisotopic (exact) mass is 269 g/mol. The van der Waals surface area contributed by atoms with Gasteiger partial charge in [-0.25, -0.2) is 4.39 Å². The van der Waals surface area contributed by atoms with E-state index in [0.717, 1.165) is 16.8 Å². The van der Waals surface area contributed by atoms with Crippen molar-refractivity contribution in [2.45, 2.75) is 13.3 Å². The first-order valence-corrected chi connectivity index (χ1v) is 6.28. The van der Waals surface area contributed by atoms with Gasteiger partial charge < -0.3 is 5.32 Å². The van der Waals surface area contributed by atoms with Crippen molar-refractivity contribution in [3.63, 3.8) is 0 Å². The van der Waals surface area contributed by atoms with Gasteiger partial charge in [-0.1, -0.05) is 11.6 Å². The maximum Gasteiger partial charge on any atom is 0.228 e. The van der Waals surface area contributed by atoms with E-state index in [9.17, 15) is 14.0 Å². The van der Waals surface area contributed by atoms with Gasteiger partial charge in [0.25, 0.3) is 0 Å². The van der Waals surface area contributed by atoms with Crippen LogP contribution >= 0.6 is 0 Å². The smallest absolute Gasteiger partial charge is 0.228 e. The highest BCUT2D eigenvalue weighted by atomic mass is 19.1. The van der Waals surface area contributed by atoms with Gasteiger partial charge in [-0.15, -0.1) is 0 Å². The molecule has 0 aliphatic carbocycles. The Bertz CT molecular complexity index is 737. The van der Waals surface area contributed by atoms with E-state index in [-0.39, 0.29) is 23.7 Å². The summed E-state index contributed by atoms with van der Waals surface area (Å²) in [6.45, 7) is 1.81. The van der Waals surface area contributed by atoms with Gasteiger partial charge >= 0.3 is 0 Å². The van der Waals surface area contributed by atoms with E-state index in [1.807, 2.05) is 6.92 Å². The Hall–Kier alpha value is -2.49. The molecule has 1 amide bonds. The number of rotatable bonds is 2. The first kappa shape index (κ1) is 12.5. The molecule has 0 bridgehead atoms. The number of halogens is 1. The van der Waals surface area contributed by atoms with E-state index in [2.05, 4.69) is 5.32 Å². The summed E-state index contributed by atoms with van der Waals surface area (Å²) in [4.78, 5) is 23.6. The molecule has 0 spiro atoms. The van der Waals surface area contributed by atoms with Crippen LogP contribution in [0.2, 0.25) is 0 Å². The molecule has 0 fully saturated rings. The van der Waals surface area contributed by atoms with Crippen molar-refractivity contribution < 1.29 is 14.0 Å². The minimum atomic E-state index is -0.532. The Morgan fingerprint density at radius 2 is 2.00 bits per heavy atom. The number of benzene rings is 2. The van der Waals surface area contributed by atoms with Gasteiger partial charge in [0.05, 0.1) is 12.0 Å². The lowest BCUT2D eigenvalue weighted by atomic mass is 9.99. The van der Waals surface area contributed by atoms with E-state index < -0.39 is 5.82 Å². The summed E-state index contributed by atoms with van der Waals surface area (Å²) < 4.78 is 13.8. The van der Waals surface area contributed by atoms with Crippen LogP contribution in [-0.4, -0.2) is 11.7 Å². The van der Waals surface area contributed by atoms with Gasteiger partial charge in [0.2, 0.25) is 5.91 Å². The fourth-order valence-electron chi connectivity index (χ4n) is 2.34. The fourth-order valence-corrected chi connectivity index (χ4v) is 2.34. The van der Waals surface area contributed by atoms with Gasteiger partial charge in [0.1, 0.15) is 5.82 Å². The minimum absolute atomic E-state index is 0.0576. The second-order valence-electron chi connectivity index (χ2n) is 4.91. The Morgan fingerprint density at radius 3 is 2.80 bits per heavy atom. The maximum atomic E-state index is 13.8. The average Bonchev–Trinajstić information content (AvgIpc) is 2.79. The third kappa shape index (κ3) is 2.09. The van der Waals surface area contributed by atoms with Crippen molar-refractivity contribution in [2.75, 3.05) is 5.32 Å². The molecule has 100 valence electrons. The van der Waals surface area contributed by atoms with Gasteiger partial charge in [0.15, 0.2) is 5.78 Å². The summed E-state index contributed by atoms with van der Waals surface area (Å²) in [5.41, 5.74) is 2.77. The molecule has 2 aromatic rings. The summed E-state index contributed by atoms with van der Waals surface area (Å²) in [5.74, 6) is -0.991. The molecule has 0 saturated carbocycles. The van der Waals surface area contributed by atoms with Crippen molar-refractivity contribution in [3.05, 3.63) is 64.5 Å². The maximum absolute atomic E-state index is 13.8. The second-order valence-corrected chi connectivity index (χ2v) is 4.91. The number of amides is 1. The second kappa shape index (κ2) is 4.56. The van der Waals surface area contributed by atoms with Crippen LogP contribution in [0, 0.1) is 12.7 Å². The number of anilines is 1. The molecule has 1 N–H and O–H groups in total. The van der Waals surface area contributed by atoms with E-state index in [4.69, 9.17) is 0 Å². The molecule has 0 aromatic heterocycles. The summed E-state index contributed by atoms with van der Waals surface area (Å²) in [7, 11) is 0. The van der Waals surface area contributed by atoms with E-state index in [0.29, 0.717) is 5.56 Å². The van der Waals surface area contributed by atoms with E-state index >= 15 is 0 Å². The van der Waals surface area contributed by atoms with Crippen LogP contribution in [0.5, 0.6) is 0 Å². The normalized spacial score (nSPS) is 13.0. The minimum Gasteiger partial charge on any atom is -0.326 e. The van der Waals surface area contributed by atoms with Gasteiger partial charge in [-0.3, -0.25) is 9.59 Å². The topological polar surface area (TPSA) is 46.2 Å². The van der Waals surface area contributed by atoms with Crippen LogP contribution in [0.25, 0.3) is 0 Å². The third-order valence-corrected chi connectivity index (χ3v) is 3.36. The van der Waals surface area contributed by atoms with Crippen LogP contribution in [0.4, 0.5) is 10.1 Å². The first-order chi connectivity index (χ1) is 9.54. The standard InChI is InChI=1S/C16H12FNO2/c1-9-2-4-13(17)12(6-9)16(20)10-3-5-14-11(7-10)8-15(19)18-14/h2-7H,8H2,1H3,(H,18,19). The van der Waals surface area contributed by atoms with Crippen molar-refractivity contribution in [3.8, 4) is 0 Å². The van der Waals surface area contributed by atoms with Crippen LogP contribution in [-0.2, 0) is 11.2 Å². The van der Waals surface area contributed by atoms with Crippen LogP contribution < -0.4 is 5.32 Å². The molecule has 2 aromatic carbocycles. The molecule has 20 heavy (non-hydrogen) atoms. The molecular formula is C16H12FNO2. The summed E-state index contributed by atoms with van der Waals surface area (Å²) in [5, 5.41) is 2.70. The Kier molecular flexibility index (Phi) is 2.86. The number of ketones is 1. The SMILES string of the molecule is Cc1ccc(F)c(C(=O)c2ccc3c(c2)CC(=O)N3)c1. The van der Waals surface area contributed by atoms with E-state index in [1.54, 1.807) is 24.3 Å². The zero-order valence-corrected chi connectivity index (χ0v) is 10.9. The fraction of sp³-hybridized carbons (Fsp3) is 0.125. The molecule has 1 aliphatic rings. The number of nitrogens with one attached hydrogen (secondary N) is 1. The lowest BCUT2D eigenvalue weighted by molar-refractivity contribution is -0.115. The number of carbonyl (C=O) groups excluding carboxylic acids is 2. The molecule has 4 heteroatoms. The lowest BCUT2D eigenvalue weighted by Crippen LogP contribution is -2.05. The number of hydrogen-bond acceptors (Lipinski definition) is 2. The molecule has 1 aliphatic heterocycles. The largest absolute Gasteiger partial charge is 0.326 e. The Labute approximate surface area is 115 Å². The highest BCUT2D eigenvalue weighted by Crippen LogP contribution is 2.25. The summed E-state index contributed by atoms with van der Waals surface area (Å²) >= 11 is 0. The molecule has 0 saturated heterocycles. The van der Waals surface area contributed by atoms with Crippen LogP contribution in [0.3, 0.4) is 0 Å². The molecule has 0 radical (unpaired) electrons. The zero-order chi connectivity index (χ0) is 14.3. The predicted molar refractivity (Wildman–Crippen MR) is 73.3 cm³/mol. The van der Waals surface area contributed by atoms with Gasteiger partial charge in [-0.2, -0.15) is 0 Å². The highest BCUT2D eigenvalue weighted by molar-refractivity contribution is 6.10. The summed E-state index contributed by atoms with van der Waals surface area (Å²) in [6, 6.07) is 9.39. The summed E-state index contributed by atoms with van der Waals surface area (Å²) in [6.07, 6.45) is 0.257. The molecule has 0 unspecified atom stereocenters. The van der Waals surface area contributed by atoms with Crippen molar-refractivity contribution in [2.24, 2.45) is 0 Å². The Morgan fingerprint density at radius 1 is 1.20 bits per heavy atom. The molecule has 1 heterocycles. The molecular weight excluding hydrogens is 257 g/mol. The first-order valence-electron chi connectivity index (χ1n) is 6.28. The molecule has 0 atom stereocenters. The lowest BCUT2D eigenvalue weighted by Gasteiger charge is -2.06. The van der Waals surface area contributed by atoms with Crippen LogP contribution in [0.15, 0.2) is 36.4 Å². The van der Waals surface area contributed by atoms with Crippen molar-refractivity contribution >= 4 is 17.4 Å². The van der Waals surface area contributed by atoms with Gasteiger partial charge in [-0.05, 0) is 42.8 Å². The highest BCUT2D eigenvalue weighted by Gasteiger charge is 2.20. The van der Waals surface area contributed by atoms with E-state index in [1.165, 1.54) is 12.1 Å². The number of aryl methyl sites for hydroxylation is 1. The van der Waals surface area contributed by atoms with Crippen molar-refractivity contribution in [1.82, 2.24) is 0 Å².